The third kappa shape index (κ3) is 3.43. The fourth-order valence-corrected chi connectivity index (χ4v) is 2.30. The van der Waals surface area contributed by atoms with Gasteiger partial charge < -0.3 is 9.80 Å². The standard InChI is InChI=1S/C13H14ClF3N2O/c1-18-2-4-19(5-3-18)12(20)9-6-10(13(15,16)17)8-11(14)7-9/h6-8H,2-5H2,1H3. The summed E-state index contributed by atoms with van der Waals surface area (Å²) < 4.78 is 38.1. The van der Waals surface area contributed by atoms with E-state index in [0.717, 1.165) is 12.1 Å². The van der Waals surface area contributed by atoms with Gasteiger partial charge in [-0.05, 0) is 25.2 Å². The molecule has 2 rings (SSSR count). The van der Waals surface area contributed by atoms with Crippen molar-refractivity contribution < 1.29 is 18.0 Å². The average Bonchev–Trinajstić information content (AvgIpc) is 2.37. The molecular weight excluding hydrogens is 293 g/mol. The maximum atomic E-state index is 12.7. The predicted molar refractivity (Wildman–Crippen MR) is 69.9 cm³/mol. The summed E-state index contributed by atoms with van der Waals surface area (Å²) in [4.78, 5) is 15.8. The van der Waals surface area contributed by atoms with E-state index < -0.39 is 17.6 Å². The molecule has 3 nitrogen and oxygen atoms in total. The second kappa shape index (κ2) is 5.61. The molecule has 0 bridgehead atoms. The Balaban J connectivity index is 2.24. The normalized spacial score (nSPS) is 17.4. The van der Waals surface area contributed by atoms with Crippen LogP contribution in [0.1, 0.15) is 15.9 Å². The molecule has 1 heterocycles. The molecule has 0 aromatic heterocycles. The molecule has 1 saturated heterocycles. The lowest BCUT2D eigenvalue weighted by Gasteiger charge is -2.32. The Morgan fingerprint density at radius 2 is 1.75 bits per heavy atom. The van der Waals surface area contributed by atoms with Crippen molar-refractivity contribution in [2.75, 3.05) is 33.2 Å². The van der Waals surface area contributed by atoms with E-state index in [9.17, 15) is 18.0 Å². The maximum absolute atomic E-state index is 12.7. The minimum absolute atomic E-state index is 0.0191. The van der Waals surface area contributed by atoms with E-state index >= 15 is 0 Å². The highest BCUT2D eigenvalue weighted by atomic mass is 35.5. The van der Waals surface area contributed by atoms with Crippen LogP contribution in [0.15, 0.2) is 18.2 Å². The van der Waals surface area contributed by atoms with Crippen LogP contribution in [0.5, 0.6) is 0 Å². The fraction of sp³-hybridized carbons (Fsp3) is 0.462. The van der Waals surface area contributed by atoms with Gasteiger partial charge in [0, 0.05) is 36.8 Å². The lowest BCUT2D eigenvalue weighted by atomic mass is 10.1. The topological polar surface area (TPSA) is 23.6 Å². The molecule has 20 heavy (non-hydrogen) atoms. The summed E-state index contributed by atoms with van der Waals surface area (Å²) in [5, 5.41) is -0.0858. The minimum Gasteiger partial charge on any atom is -0.336 e. The van der Waals surface area contributed by atoms with Gasteiger partial charge in [-0.1, -0.05) is 11.6 Å². The van der Waals surface area contributed by atoms with E-state index in [1.54, 1.807) is 4.90 Å². The number of carbonyl (C=O) groups is 1. The number of amides is 1. The van der Waals surface area contributed by atoms with Crippen molar-refractivity contribution >= 4 is 17.5 Å². The summed E-state index contributed by atoms with van der Waals surface area (Å²) in [6.07, 6.45) is -4.51. The van der Waals surface area contributed by atoms with Gasteiger partial charge in [0.2, 0.25) is 0 Å². The van der Waals surface area contributed by atoms with E-state index in [2.05, 4.69) is 4.90 Å². The molecule has 0 saturated carbocycles. The molecule has 0 N–H and O–H groups in total. The zero-order valence-electron chi connectivity index (χ0n) is 10.9. The van der Waals surface area contributed by atoms with Gasteiger partial charge in [0.25, 0.3) is 5.91 Å². The third-order valence-corrected chi connectivity index (χ3v) is 3.48. The number of piperazine rings is 1. The zero-order chi connectivity index (χ0) is 14.9. The van der Waals surface area contributed by atoms with Crippen molar-refractivity contribution in [3.8, 4) is 0 Å². The Morgan fingerprint density at radius 1 is 1.15 bits per heavy atom. The summed E-state index contributed by atoms with van der Waals surface area (Å²) in [7, 11) is 1.93. The second-order valence-electron chi connectivity index (χ2n) is 4.82. The summed E-state index contributed by atoms with van der Waals surface area (Å²) in [5.74, 6) is -0.411. The van der Waals surface area contributed by atoms with E-state index in [4.69, 9.17) is 11.6 Å². The summed E-state index contributed by atoms with van der Waals surface area (Å²) >= 11 is 5.68. The van der Waals surface area contributed by atoms with Crippen LogP contribution in [-0.2, 0) is 6.18 Å². The van der Waals surface area contributed by atoms with Crippen molar-refractivity contribution in [3.63, 3.8) is 0 Å². The Morgan fingerprint density at radius 3 is 2.30 bits per heavy atom. The molecule has 1 aliphatic heterocycles. The highest BCUT2D eigenvalue weighted by Crippen LogP contribution is 2.32. The van der Waals surface area contributed by atoms with E-state index in [0.29, 0.717) is 26.2 Å². The Bertz CT molecular complexity index is 511. The number of alkyl halides is 3. The predicted octanol–water partition coefficient (Wildman–Crippen LogP) is 2.75. The molecule has 1 aromatic carbocycles. The monoisotopic (exact) mass is 306 g/mol. The number of rotatable bonds is 1. The molecule has 1 aliphatic rings. The number of nitrogens with zero attached hydrogens (tertiary/aromatic N) is 2. The highest BCUT2D eigenvalue weighted by Gasteiger charge is 2.32. The van der Waals surface area contributed by atoms with Crippen LogP contribution in [-0.4, -0.2) is 48.9 Å². The molecule has 0 unspecified atom stereocenters. The van der Waals surface area contributed by atoms with Crippen molar-refractivity contribution in [2.24, 2.45) is 0 Å². The van der Waals surface area contributed by atoms with Gasteiger partial charge in [-0.25, -0.2) is 0 Å². The lowest BCUT2D eigenvalue weighted by molar-refractivity contribution is -0.137. The quantitative estimate of drug-likeness (QED) is 0.796. The largest absolute Gasteiger partial charge is 0.416 e. The summed E-state index contributed by atoms with van der Waals surface area (Å²) in [6, 6.07) is 2.95. The van der Waals surface area contributed by atoms with Gasteiger partial charge in [-0.3, -0.25) is 4.79 Å². The molecule has 0 atom stereocenters. The van der Waals surface area contributed by atoms with Crippen LogP contribution in [0.3, 0.4) is 0 Å². The highest BCUT2D eigenvalue weighted by molar-refractivity contribution is 6.31. The van der Waals surface area contributed by atoms with Gasteiger partial charge in [-0.15, -0.1) is 0 Å². The molecule has 7 heteroatoms. The van der Waals surface area contributed by atoms with Gasteiger partial charge in [-0.2, -0.15) is 13.2 Å². The smallest absolute Gasteiger partial charge is 0.336 e. The summed E-state index contributed by atoms with van der Waals surface area (Å²) in [6.45, 7) is 2.42. The first kappa shape index (κ1) is 15.1. The first-order valence-electron chi connectivity index (χ1n) is 6.13. The van der Waals surface area contributed by atoms with Crippen LogP contribution < -0.4 is 0 Å². The van der Waals surface area contributed by atoms with Gasteiger partial charge in [0.15, 0.2) is 0 Å². The number of halogens is 4. The van der Waals surface area contributed by atoms with E-state index in [1.165, 1.54) is 6.07 Å². The van der Waals surface area contributed by atoms with Crippen molar-refractivity contribution in [1.82, 2.24) is 9.80 Å². The van der Waals surface area contributed by atoms with Crippen LogP contribution in [0, 0.1) is 0 Å². The maximum Gasteiger partial charge on any atom is 0.416 e. The fourth-order valence-electron chi connectivity index (χ4n) is 2.07. The number of hydrogen-bond donors (Lipinski definition) is 0. The molecular formula is C13H14ClF3N2O. The Labute approximate surface area is 119 Å². The number of hydrogen-bond acceptors (Lipinski definition) is 2. The van der Waals surface area contributed by atoms with Crippen LogP contribution in [0.4, 0.5) is 13.2 Å². The minimum atomic E-state index is -4.51. The molecule has 0 aliphatic carbocycles. The molecule has 0 radical (unpaired) electrons. The second-order valence-corrected chi connectivity index (χ2v) is 5.26. The Kier molecular flexibility index (Phi) is 4.25. The average molecular weight is 307 g/mol. The SMILES string of the molecule is CN1CCN(C(=O)c2cc(Cl)cc(C(F)(F)F)c2)CC1. The van der Waals surface area contributed by atoms with E-state index in [1.807, 2.05) is 7.05 Å². The van der Waals surface area contributed by atoms with Crippen molar-refractivity contribution in [1.29, 1.82) is 0 Å². The van der Waals surface area contributed by atoms with Crippen molar-refractivity contribution in [3.05, 3.63) is 34.3 Å². The van der Waals surface area contributed by atoms with Gasteiger partial charge in [0.05, 0.1) is 5.56 Å². The molecule has 110 valence electrons. The Hall–Kier alpha value is -1.27. The molecule has 1 fully saturated rings. The zero-order valence-corrected chi connectivity index (χ0v) is 11.6. The molecule has 0 spiro atoms. The number of carbonyl (C=O) groups excluding carboxylic acids is 1. The third-order valence-electron chi connectivity index (χ3n) is 3.26. The van der Waals surface area contributed by atoms with Crippen LogP contribution >= 0.6 is 11.6 Å². The molecule has 1 amide bonds. The van der Waals surface area contributed by atoms with Gasteiger partial charge >= 0.3 is 6.18 Å². The first-order chi connectivity index (χ1) is 9.27. The number of benzene rings is 1. The van der Waals surface area contributed by atoms with E-state index in [-0.39, 0.29) is 10.6 Å². The lowest BCUT2D eigenvalue weighted by Crippen LogP contribution is -2.47. The van der Waals surface area contributed by atoms with Crippen LogP contribution in [0.2, 0.25) is 5.02 Å². The van der Waals surface area contributed by atoms with Crippen LogP contribution in [0.25, 0.3) is 0 Å². The number of likely N-dealkylation sites (N-methyl/N-ethyl adjacent to an activating group) is 1. The van der Waals surface area contributed by atoms with Gasteiger partial charge in [0.1, 0.15) is 0 Å². The summed E-state index contributed by atoms with van der Waals surface area (Å²) in [5.41, 5.74) is -0.920. The van der Waals surface area contributed by atoms with Crippen molar-refractivity contribution in [2.45, 2.75) is 6.18 Å². The first-order valence-corrected chi connectivity index (χ1v) is 6.51. The molecule has 1 aromatic rings.